The Morgan fingerprint density at radius 2 is 1.49 bits per heavy atom. The maximum atomic E-state index is 12.9. The molecule has 2 heterocycles. The first-order valence-corrected chi connectivity index (χ1v) is 11.4. The number of carbonyl (C=O) groups excluding carboxylic acids is 2. The topological polar surface area (TPSA) is 63.6 Å². The van der Waals surface area contributed by atoms with E-state index in [0.717, 1.165) is 34.0 Å². The Hall–Kier alpha value is -4.58. The summed E-state index contributed by atoms with van der Waals surface area (Å²) in [5.41, 5.74) is 8.22. The lowest BCUT2D eigenvalue weighted by Crippen LogP contribution is -2.35. The monoisotopic (exact) mass is 463 g/mol. The summed E-state index contributed by atoms with van der Waals surface area (Å²) in [6, 6.07) is 29.0. The Bertz CT molecular complexity index is 1410. The van der Waals surface area contributed by atoms with Crippen LogP contribution in [0, 0.1) is 13.8 Å². The van der Waals surface area contributed by atoms with Gasteiger partial charge in [-0.15, -0.1) is 0 Å². The van der Waals surface area contributed by atoms with Gasteiger partial charge in [0.25, 0.3) is 11.8 Å². The van der Waals surface area contributed by atoms with E-state index in [1.165, 1.54) is 5.01 Å². The van der Waals surface area contributed by atoms with Crippen LogP contribution in [0.25, 0.3) is 11.8 Å². The molecule has 1 fully saturated rings. The van der Waals surface area contributed by atoms with E-state index in [4.69, 9.17) is 4.74 Å². The first-order valence-electron chi connectivity index (χ1n) is 11.4. The lowest BCUT2D eigenvalue weighted by molar-refractivity contribution is -0.117. The van der Waals surface area contributed by atoms with Crippen LogP contribution < -0.4 is 15.2 Å². The zero-order chi connectivity index (χ0) is 24.4. The average molecular weight is 464 g/mol. The molecule has 6 nitrogen and oxygen atoms in total. The molecule has 4 aromatic rings. The van der Waals surface area contributed by atoms with Gasteiger partial charge in [-0.05, 0) is 73.5 Å². The Morgan fingerprint density at radius 3 is 2.17 bits per heavy atom. The number of hydrazine groups is 1. The summed E-state index contributed by atoms with van der Waals surface area (Å²) in [5, 5.41) is 1.28. The second-order valence-electron chi connectivity index (χ2n) is 8.41. The van der Waals surface area contributed by atoms with Gasteiger partial charge in [-0.3, -0.25) is 15.0 Å². The smallest absolute Gasteiger partial charge is 0.282 e. The molecule has 35 heavy (non-hydrogen) atoms. The lowest BCUT2D eigenvalue weighted by Gasteiger charge is -2.13. The zero-order valence-electron chi connectivity index (χ0n) is 19.6. The normalized spacial score (nSPS) is 14.5. The van der Waals surface area contributed by atoms with Crippen LogP contribution in [0.1, 0.15) is 22.5 Å². The summed E-state index contributed by atoms with van der Waals surface area (Å²) in [6.07, 6.45) is 1.66. The second kappa shape index (κ2) is 9.35. The molecule has 0 saturated carbocycles. The van der Waals surface area contributed by atoms with Crippen LogP contribution in [-0.4, -0.2) is 16.4 Å². The number of anilines is 1. The van der Waals surface area contributed by atoms with E-state index in [2.05, 4.69) is 9.99 Å². The van der Waals surface area contributed by atoms with E-state index in [1.807, 2.05) is 92.7 Å². The van der Waals surface area contributed by atoms with Gasteiger partial charge in [0.05, 0.1) is 5.69 Å². The van der Waals surface area contributed by atoms with Crippen LogP contribution in [0.3, 0.4) is 0 Å². The third-order valence-corrected chi connectivity index (χ3v) is 6.02. The molecule has 0 unspecified atom stereocenters. The van der Waals surface area contributed by atoms with Gasteiger partial charge in [0.15, 0.2) is 0 Å². The minimum atomic E-state index is -0.413. The fourth-order valence-corrected chi connectivity index (χ4v) is 4.24. The predicted octanol–water partition coefficient (Wildman–Crippen LogP) is 5.13. The van der Waals surface area contributed by atoms with Crippen molar-refractivity contribution in [3.8, 4) is 11.4 Å². The van der Waals surface area contributed by atoms with Gasteiger partial charge in [-0.25, -0.2) is 5.01 Å². The van der Waals surface area contributed by atoms with Crippen molar-refractivity contribution in [2.24, 2.45) is 0 Å². The van der Waals surface area contributed by atoms with Crippen LogP contribution >= 0.6 is 0 Å². The fraction of sp³-hybridized carbons (Fsp3) is 0.103. The number of rotatable bonds is 6. The van der Waals surface area contributed by atoms with Crippen molar-refractivity contribution >= 4 is 23.6 Å². The van der Waals surface area contributed by atoms with Crippen LogP contribution in [0.2, 0.25) is 0 Å². The average Bonchev–Trinajstić information content (AvgIpc) is 3.33. The van der Waals surface area contributed by atoms with E-state index in [-0.39, 0.29) is 11.5 Å². The Kier molecular flexibility index (Phi) is 5.94. The molecule has 1 aromatic heterocycles. The molecule has 2 amide bonds. The third kappa shape index (κ3) is 4.46. The molecule has 0 spiro atoms. The molecule has 5 rings (SSSR count). The number of hydrogen-bond acceptors (Lipinski definition) is 3. The van der Waals surface area contributed by atoms with Crippen LogP contribution in [-0.2, 0) is 16.2 Å². The highest BCUT2D eigenvalue weighted by Gasteiger charge is 2.34. The number of benzene rings is 3. The number of aryl methyl sites for hydroxylation is 1. The largest absolute Gasteiger partial charge is 0.489 e. The van der Waals surface area contributed by atoms with Gasteiger partial charge >= 0.3 is 0 Å². The number of para-hydroxylation sites is 1. The van der Waals surface area contributed by atoms with Gasteiger partial charge in [0.1, 0.15) is 17.9 Å². The number of carbonyl (C=O) groups is 2. The predicted molar refractivity (Wildman–Crippen MR) is 136 cm³/mol. The van der Waals surface area contributed by atoms with Crippen LogP contribution in [0.4, 0.5) is 5.69 Å². The van der Waals surface area contributed by atoms with Crippen molar-refractivity contribution in [2.45, 2.75) is 20.5 Å². The quantitative estimate of drug-likeness (QED) is 0.318. The number of ether oxygens (including phenoxy) is 1. The molecular formula is C29H25N3O3. The highest BCUT2D eigenvalue weighted by molar-refractivity contribution is 6.31. The molecule has 0 bridgehead atoms. The minimum Gasteiger partial charge on any atom is -0.489 e. The SMILES string of the molecule is Cc1cc(/C=C2/C(=O)NN(c3ccccc3)C2=O)c(C)n1-c1ccc(OCc2ccccc2)cc1. The molecule has 1 saturated heterocycles. The van der Waals surface area contributed by atoms with Gasteiger partial charge in [-0.2, -0.15) is 0 Å². The summed E-state index contributed by atoms with van der Waals surface area (Å²) < 4.78 is 8.00. The molecule has 0 radical (unpaired) electrons. The number of hydrogen-bond donors (Lipinski definition) is 1. The molecule has 1 aliphatic rings. The summed E-state index contributed by atoms with van der Waals surface area (Å²) in [4.78, 5) is 25.5. The number of aromatic nitrogens is 1. The van der Waals surface area contributed by atoms with E-state index < -0.39 is 5.91 Å². The van der Waals surface area contributed by atoms with Gasteiger partial charge in [0, 0.05) is 17.1 Å². The maximum absolute atomic E-state index is 12.9. The summed E-state index contributed by atoms with van der Waals surface area (Å²) in [7, 11) is 0. The summed E-state index contributed by atoms with van der Waals surface area (Å²) in [6.45, 7) is 4.49. The number of nitrogens with zero attached hydrogens (tertiary/aromatic N) is 2. The molecule has 0 aliphatic carbocycles. The molecule has 0 atom stereocenters. The van der Waals surface area contributed by atoms with Crippen molar-refractivity contribution in [1.29, 1.82) is 0 Å². The van der Waals surface area contributed by atoms with Crippen LogP contribution in [0.15, 0.2) is 96.6 Å². The van der Waals surface area contributed by atoms with E-state index in [9.17, 15) is 9.59 Å². The van der Waals surface area contributed by atoms with Crippen molar-refractivity contribution in [1.82, 2.24) is 9.99 Å². The van der Waals surface area contributed by atoms with Gasteiger partial charge in [0.2, 0.25) is 0 Å². The molecule has 1 N–H and O–H groups in total. The standard InChI is InChI=1S/C29H25N3O3/c1-20-17-23(18-27-28(33)30-32(29(27)34)25-11-7-4-8-12-25)21(2)31(20)24-13-15-26(16-14-24)35-19-22-9-5-3-6-10-22/h3-18H,19H2,1-2H3,(H,30,33)/b27-18-. The molecular weight excluding hydrogens is 438 g/mol. The fourth-order valence-electron chi connectivity index (χ4n) is 4.24. The first kappa shape index (κ1) is 22.2. The zero-order valence-corrected chi connectivity index (χ0v) is 19.6. The maximum Gasteiger partial charge on any atom is 0.282 e. The van der Waals surface area contributed by atoms with Crippen molar-refractivity contribution in [2.75, 3.05) is 5.01 Å². The number of nitrogens with one attached hydrogen (secondary N) is 1. The molecule has 1 aliphatic heterocycles. The Balaban J connectivity index is 1.37. The Morgan fingerprint density at radius 1 is 0.829 bits per heavy atom. The van der Waals surface area contributed by atoms with Crippen LogP contribution in [0.5, 0.6) is 5.75 Å². The van der Waals surface area contributed by atoms with Crippen molar-refractivity contribution in [3.63, 3.8) is 0 Å². The van der Waals surface area contributed by atoms with Crippen molar-refractivity contribution in [3.05, 3.63) is 119 Å². The minimum absolute atomic E-state index is 0.110. The van der Waals surface area contributed by atoms with Crippen molar-refractivity contribution < 1.29 is 14.3 Å². The van der Waals surface area contributed by atoms with Gasteiger partial charge in [-0.1, -0.05) is 48.5 Å². The van der Waals surface area contributed by atoms with E-state index in [1.54, 1.807) is 18.2 Å². The molecule has 174 valence electrons. The highest BCUT2D eigenvalue weighted by atomic mass is 16.5. The van der Waals surface area contributed by atoms with E-state index in [0.29, 0.717) is 12.3 Å². The Labute approximate surface area is 204 Å². The second-order valence-corrected chi connectivity index (χ2v) is 8.41. The lowest BCUT2D eigenvalue weighted by atomic mass is 10.1. The molecule has 6 heteroatoms. The summed E-state index contributed by atoms with van der Waals surface area (Å²) >= 11 is 0. The highest BCUT2D eigenvalue weighted by Crippen LogP contribution is 2.27. The first-order chi connectivity index (χ1) is 17.0. The van der Waals surface area contributed by atoms with E-state index >= 15 is 0 Å². The molecule has 3 aromatic carbocycles. The number of amides is 2. The third-order valence-electron chi connectivity index (χ3n) is 6.02. The van der Waals surface area contributed by atoms with Gasteiger partial charge < -0.3 is 9.30 Å². The summed E-state index contributed by atoms with van der Waals surface area (Å²) in [5.74, 6) is 0.00567.